The first kappa shape index (κ1) is 27.5. The lowest BCUT2D eigenvalue weighted by molar-refractivity contribution is -0.00000861. The van der Waals surface area contributed by atoms with Crippen LogP contribution >= 0.6 is 7.26 Å². The Bertz CT molecular complexity index is 1080. The molecule has 0 spiro atoms. The van der Waals surface area contributed by atoms with Crippen molar-refractivity contribution in [2.75, 3.05) is 12.8 Å². The third-order valence-electron chi connectivity index (χ3n) is 5.79. The number of hydrogen-bond acceptors (Lipinski definition) is 2. The molecule has 0 radical (unpaired) electrons. The van der Waals surface area contributed by atoms with Gasteiger partial charge in [-0.2, -0.15) is 0 Å². The number of hydrogen-bond donors (Lipinski definition) is 0. The van der Waals surface area contributed by atoms with E-state index in [1.54, 1.807) is 0 Å². The first-order chi connectivity index (χ1) is 16.1. The molecule has 0 heterocycles. The third-order valence-corrected chi connectivity index (χ3v) is 10.4. The van der Waals surface area contributed by atoms with Crippen molar-refractivity contribution in [3.05, 3.63) is 126 Å². The first-order valence-corrected chi connectivity index (χ1v) is 13.4. The second kappa shape index (κ2) is 13.9. The van der Waals surface area contributed by atoms with Gasteiger partial charge in [-0.3, -0.25) is 0 Å². The average molecular weight is 535 g/mol. The SMILES string of the molecule is CCOC(C)=CC=CC(C)=CC[P+](c1ccccc1)(c1ccccc1)C1C=CC=CC1=C=O.[Br-]. The molecule has 4 heteroatoms. The van der Waals surface area contributed by atoms with Crippen LogP contribution in [-0.4, -0.2) is 24.4 Å². The molecule has 0 aromatic heterocycles. The van der Waals surface area contributed by atoms with Gasteiger partial charge in [0.2, 0.25) is 0 Å². The molecule has 0 saturated heterocycles. The number of carbonyl (C=O) groups excluding carboxylic acids is 1. The molecular weight excluding hydrogens is 503 g/mol. The Morgan fingerprint density at radius 3 is 2.18 bits per heavy atom. The van der Waals surface area contributed by atoms with E-state index < -0.39 is 7.26 Å². The van der Waals surface area contributed by atoms with Crippen molar-refractivity contribution in [3.8, 4) is 0 Å². The van der Waals surface area contributed by atoms with Crippen molar-refractivity contribution in [2.24, 2.45) is 0 Å². The van der Waals surface area contributed by atoms with E-state index in [0.29, 0.717) is 6.61 Å². The van der Waals surface area contributed by atoms with Crippen LogP contribution in [0.15, 0.2) is 126 Å². The zero-order chi connectivity index (χ0) is 23.5. The highest BCUT2D eigenvalue weighted by molar-refractivity contribution is 7.90. The van der Waals surface area contributed by atoms with Gasteiger partial charge < -0.3 is 21.7 Å². The molecule has 0 amide bonds. The summed E-state index contributed by atoms with van der Waals surface area (Å²) < 4.78 is 5.50. The van der Waals surface area contributed by atoms with Gasteiger partial charge in [0.15, 0.2) is 0 Å². The van der Waals surface area contributed by atoms with E-state index in [1.165, 1.54) is 16.2 Å². The van der Waals surface area contributed by atoms with Gasteiger partial charge in [0.25, 0.3) is 0 Å². The molecule has 34 heavy (non-hydrogen) atoms. The van der Waals surface area contributed by atoms with E-state index in [1.807, 2.05) is 50.3 Å². The summed E-state index contributed by atoms with van der Waals surface area (Å²) in [5.74, 6) is 3.15. The smallest absolute Gasteiger partial charge is 0.133 e. The molecule has 0 aliphatic heterocycles. The van der Waals surface area contributed by atoms with Gasteiger partial charge in [-0.05, 0) is 69.3 Å². The molecule has 2 aromatic rings. The summed E-state index contributed by atoms with van der Waals surface area (Å²) in [4.78, 5) is 12.0. The number of allylic oxidation sites excluding steroid dienone is 11. The molecular formula is C30H32BrO2P. The second-order valence-corrected chi connectivity index (χ2v) is 11.7. The maximum atomic E-state index is 12.0. The molecule has 0 N–H and O–H groups in total. The van der Waals surface area contributed by atoms with Crippen LogP contribution in [0.4, 0.5) is 0 Å². The zero-order valence-electron chi connectivity index (χ0n) is 20.0. The van der Waals surface area contributed by atoms with E-state index in [2.05, 4.69) is 85.7 Å². The van der Waals surface area contributed by atoms with Crippen molar-refractivity contribution in [2.45, 2.75) is 26.4 Å². The number of ether oxygens (including phenoxy) is 1. The highest BCUT2D eigenvalue weighted by Gasteiger charge is 2.50. The molecule has 1 atom stereocenters. The second-order valence-electron chi connectivity index (χ2n) is 7.99. The summed E-state index contributed by atoms with van der Waals surface area (Å²) in [5, 5.41) is 2.57. The van der Waals surface area contributed by atoms with Crippen LogP contribution in [0.25, 0.3) is 0 Å². The van der Waals surface area contributed by atoms with Crippen LogP contribution < -0.4 is 27.6 Å². The van der Waals surface area contributed by atoms with Gasteiger partial charge in [0.05, 0.1) is 31.4 Å². The molecule has 0 saturated carbocycles. The summed E-state index contributed by atoms with van der Waals surface area (Å²) in [6.07, 6.45) is 17.4. The average Bonchev–Trinajstić information content (AvgIpc) is 2.86. The first-order valence-electron chi connectivity index (χ1n) is 11.3. The zero-order valence-corrected chi connectivity index (χ0v) is 22.5. The Labute approximate surface area is 215 Å². The third kappa shape index (κ3) is 6.67. The van der Waals surface area contributed by atoms with E-state index >= 15 is 0 Å². The van der Waals surface area contributed by atoms with Crippen molar-refractivity contribution >= 4 is 23.8 Å². The van der Waals surface area contributed by atoms with Gasteiger partial charge in [0.1, 0.15) is 22.2 Å². The van der Waals surface area contributed by atoms with Crippen LogP contribution in [-0.2, 0) is 9.53 Å². The highest BCUT2D eigenvalue weighted by Crippen LogP contribution is 2.63. The van der Waals surface area contributed by atoms with Crippen LogP contribution in [0.2, 0.25) is 0 Å². The lowest BCUT2D eigenvalue weighted by Crippen LogP contribution is -3.00. The minimum atomic E-state index is -2.05. The van der Waals surface area contributed by atoms with Crippen LogP contribution in [0.1, 0.15) is 20.8 Å². The molecule has 0 bridgehead atoms. The normalized spacial score (nSPS) is 16.3. The minimum Gasteiger partial charge on any atom is -1.00 e. The van der Waals surface area contributed by atoms with Gasteiger partial charge in [-0.1, -0.05) is 66.3 Å². The van der Waals surface area contributed by atoms with Gasteiger partial charge >= 0.3 is 0 Å². The van der Waals surface area contributed by atoms with E-state index in [-0.39, 0.29) is 22.6 Å². The monoisotopic (exact) mass is 534 g/mol. The molecule has 0 fully saturated rings. The summed E-state index contributed by atoms with van der Waals surface area (Å²) >= 11 is 0. The van der Waals surface area contributed by atoms with Crippen molar-refractivity contribution in [1.82, 2.24) is 0 Å². The fraction of sp³-hybridized carbons (Fsp3) is 0.200. The Balaban J connectivity index is 0.00000408. The minimum absolute atomic E-state index is 0. The fourth-order valence-electron chi connectivity index (χ4n) is 4.16. The van der Waals surface area contributed by atoms with Crippen LogP contribution in [0.3, 0.4) is 0 Å². The van der Waals surface area contributed by atoms with Crippen molar-refractivity contribution < 1.29 is 26.5 Å². The molecule has 176 valence electrons. The molecule has 3 rings (SSSR count). The van der Waals surface area contributed by atoms with E-state index in [9.17, 15) is 4.79 Å². The molecule has 1 unspecified atom stereocenters. The van der Waals surface area contributed by atoms with Crippen LogP contribution in [0.5, 0.6) is 0 Å². The maximum Gasteiger partial charge on any atom is 0.133 e. The Morgan fingerprint density at radius 2 is 1.62 bits per heavy atom. The molecule has 2 aromatic carbocycles. The lowest BCUT2D eigenvalue weighted by atomic mass is 10.1. The number of rotatable bonds is 9. The maximum absolute atomic E-state index is 12.0. The Morgan fingerprint density at radius 1 is 1.00 bits per heavy atom. The quantitative estimate of drug-likeness (QED) is 0.213. The fourth-order valence-corrected chi connectivity index (χ4v) is 8.74. The largest absolute Gasteiger partial charge is 1.00 e. The van der Waals surface area contributed by atoms with E-state index in [4.69, 9.17) is 4.74 Å². The van der Waals surface area contributed by atoms with Gasteiger partial charge in [-0.15, -0.1) is 0 Å². The molecule has 1 aliphatic rings. The highest BCUT2D eigenvalue weighted by atomic mass is 79.9. The molecule has 1 aliphatic carbocycles. The summed E-state index contributed by atoms with van der Waals surface area (Å²) in [5.41, 5.74) is 1.88. The number of halogens is 1. The summed E-state index contributed by atoms with van der Waals surface area (Å²) in [6.45, 7) is 6.74. The van der Waals surface area contributed by atoms with E-state index in [0.717, 1.165) is 17.5 Å². The van der Waals surface area contributed by atoms with Gasteiger partial charge in [-0.25, -0.2) is 4.79 Å². The van der Waals surface area contributed by atoms with Crippen LogP contribution in [0, 0.1) is 0 Å². The van der Waals surface area contributed by atoms with Gasteiger partial charge in [0, 0.05) is 0 Å². The van der Waals surface area contributed by atoms with Crippen molar-refractivity contribution in [3.63, 3.8) is 0 Å². The summed E-state index contributed by atoms with van der Waals surface area (Å²) in [7, 11) is -2.05. The summed E-state index contributed by atoms with van der Waals surface area (Å²) in [6, 6.07) is 21.3. The number of benzene rings is 2. The Kier molecular flexibility index (Phi) is 11.2. The molecule has 2 nitrogen and oxygen atoms in total. The lowest BCUT2D eigenvalue weighted by Gasteiger charge is -2.33. The standard InChI is InChI=1S/C30H32O2P.BrH/c1-4-32-26(3)15-13-14-25(2)22-23-33(28-17-7-5-8-18-28,29-19-9-6-10-20-29)30-21-12-11-16-27(30)24-31;/h5-22,30H,4,23H2,1-3H3;1H/q+1;/p-1. The van der Waals surface area contributed by atoms with Crippen molar-refractivity contribution in [1.29, 1.82) is 0 Å². The Hall–Kier alpha value is -2.70. The topological polar surface area (TPSA) is 26.3 Å². The predicted molar refractivity (Wildman–Crippen MR) is 143 cm³/mol. The predicted octanol–water partition coefficient (Wildman–Crippen LogP) is 3.35.